The molecule has 0 bridgehead atoms. The van der Waals surface area contributed by atoms with E-state index in [-0.39, 0.29) is 10.6 Å². The molecule has 1 aliphatic rings. The average molecular weight is 316 g/mol. The quantitative estimate of drug-likeness (QED) is 0.867. The highest BCUT2D eigenvalue weighted by molar-refractivity contribution is 7.89. The molecule has 7 nitrogen and oxygen atoms in total. The van der Waals surface area contributed by atoms with Gasteiger partial charge in [0.1, 0.15) is 10.6 Å². The van der Waals surface area contributed by atoms with Crippen LogP contribution in [0.2, 0.25) is 0 Å². The van der Waals surface area contributed by atoms with Crippen molar-refractivity contribution in [1.29, 1.82) is 0 Å². The van der Waals surface area contributed by atoms with Crippen LogP contribution in [0.4, 0.5) is 0 Å². The Balaban J connectivity index is 2.16. The lowest BCUT2D eigenvalue weighted by atomic mass is 9.99. The average Bonchev–Trinajstić information content (AvgIpc) is 2.83. The summed E-state index contributed by atoms with van der Waals surface area (Å²) in [6, 6.07) is 1.21. The first-order valence-electron chi connectivity index (χ1n) is 6.75. The van der Waals surface area contributed by atoms with Crippen molar-refractivity contribution in [3.05, 3.63) is 18.0 Å². The Labute approximate surface area is 124 Å². The Hall–Kier alpha value is -1.38. The molecular formula is C13H20N2O5S. The van der Waals surface area contributed by atoms with E-state index in [1.165, 1.54) is 28.2 Å². The second kappa shape index (κ2) is 6.17. The predicted octanol–water partition coefficient (Wildman–Crippen LogP) is 0.770. The molecule has 0 spiro atoms. The molecule has 1 aliphatic heterocycles. The third-order valence-corrected chi connectivity index (χ3v) is 5.68. The molecule has 0 atom stereocenters. The van der Waals surface area contributed by atoms with E-state index in [4.69, 9.17) is 9.84 Å². The van der Waals surface area contributed by atoms with Crippen LogP contribution >= 0.6 is 0 Å². The van der Waals surface area contributed by atoms with E-state index < -0.39 is 16.0 Å². The van der Waals surface area contributed by atoms with Crippen molar-refractivity contribution < 1.29 is 23.1 Å². The molecule has 1 fully saturated rings. The van der Waals surface area contributed by atoms with Crippen molar-refractivity contribution in [3.8, 4) is 0 Å². The summed E-state index contributed by atoms with van der Waals surface area (Å²) in [5.41, 5.74) is -0.0390. The number of rotatable bonds is 5. The maximum atomic E-state index is 12.5. The van der Waals surface area contributed by atoms with Crippen molar-refractivity contribution in [3.63, 3.8) is 0 Å². The first-order valence-corrected chi connectivity index (χ1v) is 8.19. The van der Waals surface area contributed by atoms with Gasteiger partial charge in [0.25, 0.3) is 0 Å². The molecule has 1 aromatic rings. The number of aryl methyl sites for hydroxylation is 1. The van der Waals surface area contributed by atoms with E-state index in [1.807, 2.05) is 0 Å². The minimum atomic E-state index is -3.63. The number of piperidine rings is 1. The van der Waals surface area contributed by atoms with Crippen LogP contribution in [0.15, 0.2) is 17.2 Å². The lowest BCUT2D eigenvalue weighted by Crippen LogP contribution is -2.39. The van der Waals surface area contributed by atoms with E-state index in [2.05, 4.69) is 0 Å². The summed E-state index contributed by atoms with van der Waals surface area (Å²) in [6.07, 6.45) is 2.86. The van der Waals surface area contributed by atoms with Crippen molar-refractivity contribution in [2.24, 2.45) is 13.0 Å². The Morgan fingerprint density at radius 1 is 1.43 bits per heavy atom. The van der Waals surface area contributed by atoms with Gasteiger partial charge in [0, 0.05) is 40.1 Å². The van der Waals surface area contributed by atoms with Gasteiger partial charge in [-0.3, -0.25) is 0 Å². The third-order valence-electron chi connectivity index (χ3n) is 3.81. The zero-order chi connectivity index (χ0) is 15.6. The van der Waals surface area contributed by atoms with Gasteiger partial charge >= 0.3 is 5.97 Å². The SMILES string of the molecule is COCC1CCN(S(=O)(=O)c2cc(C(=O)O)n(C)c2)CC1. The van der Waals surface area contributed by atoms with E-state index in [0.717, 1.165) is 12.8 Å². The Kier molecular flexibility index (Phi) is 4.70. The van der Waals surface area contributed by atoms with Gasteiger partial charge in [0.15, 0.2) is 0 Å². The molecule has 2 rings (SSSR count). The van der Waals surface area contributed by atoms with Crippen LogP contribution in [0.1, 0.15) is 23.3 Å². The highest BCUT2D eigenvalue weighted by Crippen LogP contribution is 2.25. The normalized spacial score (nSPS) is 18.0. The standard InChI is InChI=1S/C13H20N2O5S/c1-14-8-11(7-12(14)13(16)17)21(18,19)15-5-3-10(4-6-15)9-20-2/h7-8,10H,3-6,9H2,1-2H3,(H,16,17). The summed E-state index contributed by atoms with van der Waals surface area (Å²) >= 11 is 0. The molecule has 0 amide bonds. The van der Waals surface area contributed by atoms with Crippen LogP contribution in [0.5, 0.6) is 0 Å². The first kappa shape index (κ1) is 16.0. The molecule has 118 valence electrons. The molecule has 1 N–H and O–H groups in total. The number of carboxylic acid groups (broad SMARTS) is 1. The highest BCUT2D eigenvalue weighted by Gasteiger charge is 2.31. The summed E-state index contributed by atoms with van der Waals surface area (Å²) in [6.45, 7) is 1.52. The van der Waals surface area contributed by atoms with Gasteiger partial charge in [-0.1, -0.05) is 0 Å². The molecule has 21 heavy (non-hydrogen) atoms. The number of hydrogen-bond donors (Lipinski definition) is 1. The molecular weight excluding hydrogens is 296 g/mol. The number of nitrogens with zero attached hydrogens (tertiary/aromatic N) is 2. The topological polar surface area (TPSA) is 88.8 Å². The van der Waals surface area contributed by atoms with E-state index in [9.17, 15) is 13.2 Å². The zero-order valence-corrected chi connectivity index (χ0v) is 13.0. The number of hydrogen-bond acceptors (Lipinski definition) is 4. The van der Waals surface area contributed by atoms with E-state index in [1.54, 1.807) is 7.11 Å². The molecule has 1 aromatic heterocycles. The first-order chi connectivity index (χ1) is 9.86. The highest BCUT2D eigenvalue weighted by atomic mass is 32.2. The van der Waals surface area contributed by atoms with Crippen LogP contribution in [-0.2, 0) is 21.8 Å². The molecule has 1 saturated heterocycles. The summed E-state index contributed by atoms with van der Waals surface area (Å²) in [4.78, 5) is 11.0. The number of sulfonamides is 1. The minimum Gasteiger partial charge on any atom is -0.477 e. The number of methoxy groups -OCH3 is 1. The van der Waals surface area contributed by atoms with Crippen molar-refractivity contribution in [2.75, 3.05) is 26.8 Å². The maximum Gasteiger partial charge on any atom is 0.352 e. The monoisotopic (exact) mass is 316 g/mol. The van der Waals surface area contributed by atoms with E-state index in [0.29, 0.717) is 25.6 Å². The molecule has 8 heteroatoms. The second-order valence-electron chi connectivity index (χ2n) is 5.28. The summed E-state index contributed by atoms with van der Waals surface area (Å²) in [7, 11) is -0.467. The molecule has 0 saturated carbocycles. The fourth-order valence-corrected chi connectivity index (χ4v) is 4.13. The smallest absolute Gasteiger partial charge is 0.352 e. The molecule has 0 unspecified atom stereocenters. The maximum absolute atomic E-state index is 12.5. The fourth-order valence-electron chi connectivity index (χ4n) is 2.59. The van der Waals surface area contributed by atoms with Crippen LogP contribution in [0.3, 0.4) is 0 Å². The third kappa shape index (κ3) is 3.28. The number of aromatic nitrogens is 1. The molecule has 0 aromatic carbocycles. The van der Waals surface area contributed by atoms with Gasteiger partial charge in [-0.15, -0.1) is 0 Å². The van der Waals surface area contributed by atoms with Crippen LogP contribution in [0.25, 0.3) is 0 Å². The second-order valence-corrected chi connectivity index (χ2v) is 7.22. The predicted molar refractivity (Wildman–Crippen MR) is 75.7 cm³/mol. The molecule has 0 radical (unpaired) electrons. The zero-order valence-electron chi connectivity index (χ0n) is 12.2. The van der Waals surface area contributed by atoms with Crippen molar-refractivity contribution in [2.45, 2.75) is 17.7 Å². The minimum absolute atomic E-state index is 0.0348. The van der Waals surface area contributed by atoms with Crippen LogP contribution < -0.4 is 0 Å². The van der Waals surface area contributed by atoms with Gasteiger partial charge in [0.2, 0.25) is 10.0 Å². The lowest BCUT2D eigenvalue weighted by molar-refractivity contribution is 0.0686. The largest absolute Gasteiger partial charge is 0.477 e. The Morgan fingerprint density at radius 2 is 2.05 bits per heavy atom. The van der Waals surface area contributed by atoms with Gasteiger partial charge in [0.05, 0.1) is 0 Å². The van der Waals surface area contributed by atoms with Gasteiger partial charge in [-0.2, -0.15) is 4.31 Å². The summed E-state index contributed by atoms with van der Waals surface area (Å²) in [5, 5.41) is 9.01. The van der Waals surface area contributed by atoms with Crippen LogP contribution in [-0.4, -0.2) is 55.2 Å². The Morgan fingerprint density at radius 3 is 2.52 bits per heavy atom. The van der Waals surface area contributed by atoms with Crippen molar-refractivity contribution in [1.82, 2.24) is 8.87 Å². The number of carbonyl (C=O) groups is 1. The van der Waals surface area contributed by atoms with Gasteiger partial charge in [-0.25, -0.2) is 13.2 Å². The van der Waals surface area contributed by atoms with Gasteiger partial charge < -0.3 is 14.4 Å². The number of aromatic carboxylic acids is 1. The fraction of sp³-hybridized carbons (Fsp3) is 0.615. The summed E-state index contributed by atoms with van der Waals surface area (Å²) in [5.74, 6) is -0.760. The van der Waals surface area contributed by atoms with Crippen molar-refractivity contribution >= 4 is 16.0 Å². The Bertz CT molecular complexity index is 615. The summed E-state index contributed by atoms with van der Waals surface area (Å²) < 4.78 is 32.9. The molecule has 2 heterocycles. The molecule has 0 aliphatic carbocycles. The van der Waals surface area contributed by atoms with E-state index >= 15 is 0 Å². The lowest BCUT2D eigenvalue weighted by Gasteiger charge is -2.30. The number of carboxylic acids is 1. The number of ether oxygens (including phenoxy) is 1. The van der Waals surface area contributed by atoms with Crippen LogP contribution in [0, 0.1) is 5.92 Å². The van der Waals surface area contributed by atoms with Gasteiger partial charge in [-0.05, 0) is 24.8 Å².